The SMILES string of the molecule is CN=C(NCCc1ccccc1F)NCc1ccccc1COC. The van der Waals surface area contributed by atoms with E-state index in [0.29, 0.717) is 37.6 Å². The number of nitrogens with one attached hydrogen (secondary N) is 2. The van der Waals surface area contributed by atoms with Crippen LogP contribution in [0.5, 0.6) is 0 Å². The highest BCUT2D eigenvalue weighted by atomic mass is 19.1. The molecule has 2 rings (SSSR count). The summed E-state index contributed by atoms with van der Waals surface area (Å²) in [5, 5.41) is 6.48. The minimum Gasteiger partial charge on any atom is -0.380 e. The molecule has 0 aliphatic carbocycles. The molecule has 0 amide bonds. The molecule has 2 aromatic rings. The van der Waals surface area contributed by atoms with E-state index in [1.807, 2.05) is 18.2 Å². The third-order valence-electron chi connectivity index (χ3n) is 3.73. The van der Waals surface area contributed by atoms with Crippen molar-refractivity contribution < 1.29 is 9.13 Å². The van der Waals surface area contributed by atoms with Crippen molar-refractivity contribution >= 4 is 5.96 Å². The Morgan fingerprint density at radius 1 is 1.00 bits per heavy atom. The van der Waals surface area contributed by atoms with Crippen molar-refractivity contribution in [2.45, 2.75) is 19.6 Å². The van der Waals surface area contributed by atoms with Gasteiger partial charge in [-0.25, -0.2) is 4.39 Å². The first-order valence-corrected chi connectivity index (χ1v) is 7.98. The van der Waals surface area contributed by atoms with E-state index < -0.39 is 0 Å². The lowest BCUT2D eigenvalue weighted by molar-refractivity contribution is 0.184. The minimum absolute atomic E-state index is 0.171. The lowest BCUT2D eigenvalue weighted by Crippen LogP contribution is -2.38. The third-order valence-corrected chi connectivity index (χ3v) is 3.73. The summed E-state index contributed by atoms with van der Waals surface area (Å²) in [6.45, 7) is 1.84. The van der Waals surface area contributed by atoms with Crippen LogP contribution in [0, 0.1) is 5.82 Å². The van der Waals surface area contributed by atoms with Crippen molar-refractivity contribution in [2.24, 2.45) is 4.99 Å². The normalized spacial score (nSPS) is 11.4. The zero-order chi connectivity index (χ0) is 17.2. The maximum absolute atomic E-state index is 13.6. The molecule has 0 aliphatic rings. The van der Waals surface area contributed by atoms with Gasteiger partial charge in [-0.2, -0.15) is 0 Å². The highest BCUT2D eigenvalue weighted by molar-refractivity contribution is 5.79. The molecule has 0 radical (unpaired) electrons. The number of ether oxygens (including phenoxy) is 1. The Labute approximate surface area is 142 Å². The van der Waals surface area contributed by atoms with Gasteiger partial charge in [-0.15, -0.1) is 0 Å². The zero-order valence-electron chi connectivity index (χ0n) is 14.2. The fourth-order valence-electron chi connectivity index (χ4n) is 2.44. The van der Waals surface area contributed by atoms with Crippen LogP contribution in [0.15, 0.2) is 53.5 Å². The minimum atomic E-state index is -0.171. The van der Waals surface area contributed by atoms with Crippen LogP contribution in [0.1, 0.15) is 16.7 Å². The lowest BCUT2D eigenvalue weighted by Gasteiger charge is -2.14. The topological polar surface area (TPSA) is 45.7 Å². The number of nitrogens with zero attached hydrogens (tertiary/aromatic N) is 1. The van der Waals surface area contributed by atoms with Gasteiger partial charge in [0.1, 0.15) is 5.82 Å². The molecule has 0 heterocycles. The number of benzene rings is 2. The number of halogens is 1. The Kier molecular flexibility index (Phi) is 7.23. The van der Waals surface area contributed by atoms with Crippen LogP contribution in [0.25, 0.3) is 0 Å². The van der Waals surface area contributed by atoms with Crippen molar-refractivity contribution in [2.75, 3.05) is 20.7 Å². The quantitative estimate of drug-likeness (QED) is 0.606. The summed E-state index contributed by atoms with van der Waals surface area (Å²) in [5.74, 6) is 0.522. The molecule has 0 saturated heterocycles. The third kappa shape index (κ3) is 5.35. The van der Waals surface area contributed by atoms with E-state index in [2.05, 4.69) is 27.8 Å². The first-order valence-electron chi connectivity index (χ1n) is 7.98. The molecule has 0 unspecified atom stereocenters. The summed E-state index contributed by atoms with van der Waals surface area (Å²) >= 11 is 0. The molecule has 0 aliphatic heterocycles. The predicted octanol–water partition coefficient (Wildman–Crippen LogP) is 2.88. The largest absolute Gasteiger partial charge is 0.380 e. The molecule has 0 fully saturated rings. The molecule has 128 valence electrons. The Bertz CT molecular complexity index is 673. The summed E-state index contributed by atoms with van der Waals surface area (Å²) in [4.78, 5) is 4.20. The van der Waals surface area contributed by atoms with Crippen LogP contribution in [0.2, 0.25) is 0 Å². The van der Waals surface area contributed by atoms with E-state index in [4.69, 9.17) is 4.74 Å². The first-order chi connectivity index (χ1) is 11.7. The Morgan fingerprint density at radius 3 is 2.33 bits per heavy atom. The van der Waals surface area contributed by atoms with Crippen LogP contribution in [-0.2, 0) is 24.3 Å². The maximum Gasteiger partial charge on any atom is 0.191 e. The van der Waals surface area contributed by atoms with Crippen molar-refractivity contribution in [1.82, 2.24) is 10.6 Å². The van der Waals surface area contributed by atoms with Gasteiger partial charge in [0.15, 0.2) is 5.96 Å². The Hall–Kier alpha value is -2.40. The molecule has 4 nitrogen and oxygen atoms in total. The number of guanidine groups is 1. The van der Waals surface area contributed by atoms with Gasteiger partial charge in [0.25, 0.3) is 0 Å². The van der Waals surface area contributed by atoms with Crippen LogP contribution in [-0.4, -0.2) is 26.7 Å². The lowest BCUT2D eigenvalue weighted by atomic mass is 10.1. The maximum atomic E-state index is 13.6. The monoisotopic (exact) mass is 329 g/mol. The van der Waals surface area contributed by atoms with Crippen LogP contribution < -0.4 is 10.6 Å². The fourth-order valence-corrected chi connectivity index (χ4v) is 2.44. The van der Waals surface area contributed by atoms with Crippen molar-refractivity contribution in [3.05, 3.63) is 71.0 Å². The van der Waals surface area contributed by atoms with Crippen molar-refractivity contribution in [3.8, 4) is 0 Å². The van der Waals surface area contributed by atoms with Gasteiger partial charge in [-0.3, -0.25) is 4.99 Å². The number of hydrogen-bond acceptors (Lipinski definition) is 2. The average Bonchev–Trinajstić information content (AvgIpc) is 2.61. The van der Waals surface area contributed by atoms with Crippen LogP contribution in [0.4, 0.5) is 4.39 Å². The van der Waals surface area contributed by atoms with Gasteiger partial charge in [0, 0.05) is 27.2 Å². The molecule has 0 aromatic heterocycles. The van der Waals surface area contributed by atoms with Gasteiger partial charge in [0.2, 0.25) is 0 Å². The molecule has 24 heavy (non-hydrogen) atoms. The average molecular weight is 329 g/mol. The van der Waals surface area contributed by atoms with Gasteiger partial charge in [-0.05, 0) is 29.2 Å². The molecule has 5 heteroatoms. The highest BCUT2D eigenvalue weighted by Gasteiger charge is 2.04. The summed E-state index contributed by atoms with van der Waals surface area (Å²) < 4.78 is 18.8. The zero-order valence-corrected chi connectivity index (χ0v) is 14.2. The van der Waals surface area contributed by atoms with E-state index >= 15 is 0 Å². The summed E-state index contributed by atoms with van der Waals surface area (Å²) in [7, 11) is 3.41. The molecule has 2 N–H and O–H groups in total. The van der Waals surface area contributed by atoms with Crippen LogP contribution in [0.3, 0.4) is 0 Å². The van der Waals surface area contributed by atoms with E-state index in [1.54, 1.807) is 26.3 Å². The Balaban J connectivity index is 1.84. The van der Waals surface area contributed by atoms with Crippen molar-refractivity contribution in [3.63, 3.8) is 0 Å². The molecular formula is C19H24FN3O. The number of rotatable bonds is 7. The van der Waals surface area contributed by atoms with Gasteiger partial charge < -0.3 is 15.4 Å². The van der Waals surface area contributed by atoms with Gasteiger partial charge in [-0.1, -0.05) is 42.5 Å². The van der Waals surface area contributed by atoms with E-state index in [9.17, 15) is 4.39 Å². The van der Waals surface area contributed by atoms with E-state index in [0.717, 1.165) is 11.1 Å². The molecule has 0 atom stereocenters. The smallest absolute Gasteiger partial charge is 0.191 e. The second-order valence-corrected chi connectivity index (χ2v) is 5.40. The van der Waals surface area contributed by atoms with Crippen LogP contribution >= 0.6 is 0 Å². The second-order valence-electron chi connectivity index (χ2n) is 5.40. The molecule has 0 saturated carbocycles. The van der Waals surface area contributed by atoms with Gasteiger partial charge in [0.05, 0.1) is 6.61 Å². The number of hydrogen-bond donors (Lipinski definition) is 2. The van der Waals surface area contributed by atoms with Gasteiger partial charge >= 0.3 is 0 Å². The van der Waals surface area contributed by atoms with Crippen molar-refractivity contribution in [1.29, 1.82) is 0 Å². The van der Waals surface area contributed by atoms with E-state index in [1.165, 1.54) is 6.07 Å². The standard InChI is InChI=1S/C19H24FN3O/c1-21-19(22-12-11-15-7-5-6-10-18(15)20)23-13-16-8-3-4-9-17(16)14-24-2/h3-10H,11-14H2,1-2H3,(H2,21,22,23). The molecule has 0 spiro atoms. The molecular weight excluding hydrogens is 305 g/mol. The number of methoxy groups -OCH3 is 1. The Morgan fingerprint density at radius 2 is 1.67 bits per heavy atom. The van der Waals surface area contributed by atoms with E-state index in [-0.39, 0.29) is 5.82 Å². The highest BCUT2D eigenvalue weighted by Crippen LogP contribution is 2.09. The first kappa shape index (κ1) is 17.9. The fraction of sp³-hybridized carbons (Fsp3) is 0.316. The molecule has 0 bridgehead atoms. The number of aliphatic imine (C=N–C) groups is 1. The summed E-state index contributed by atoms with van der Waals surface area (Å²) in [6, 6.07) is 14.9. The second kappa shape index (κ2) is 9.67. The summed E-state index contributed by atoms with van der Waals surface area (Å²) in [5.41, 5.74) is 3.01. The molecule has 2 aromatic carbocycles. The predicted molar refractivity (Wildman–Crippen MR) is 95.5 cm³/mol. The summed E-state index contributed by atoms with van der Waals surface area (Å²) in [6.07, 6.45) is 0.605.